The van der Waals surface area contributed by atoms with Gasteiger partial charge in [-0.05, 0) is 37.3 Å². The Bertz CT molecular complexity index is 367. The molecule has 0 amide bonds. The molecule has 1 nitrogen and oxygen atoms in total. The maximum absolute atomic E-state index is 8.00. The highest BCUT2D eigenvalue weighted by Gasteiger charge is 2.14. The van der Waals surface area contributed by atoms with Gasteiger partial charge in [-0.3, -0.25) is 0 Å². The van der Waals surface area contributed by atoms with Gasteiger partial charge in [-0.25, -0.2) is 0 Å². The molecule has 0 heterocycles. The highest BCUT2D eigenvalue weighted by molar-refractivity contribution is 5.46. The molecule has 0 radical (unpaired) electrons. The third-order valence-electron chi connectivity index (χ3n) is 2.68. The van der Waals surface area contributed by atoms with Crippen molar-refractivity contribution >= 4 is 6.79 Å². The average molecular weight is 230 g/mol. The van der Waals surface area contributed by atoms with Gasteiger partial charge in [-0.1, -0.05) is 55.5 Å². The lowest BCUT2D eigenvalue weighted by Crippen LogP contribution is -2.05. The van der Waals surface area contributed by atoms with Gasteiger partial charge in [0.2, 0.25) is 0 Å². The molecular formula is C16H22O. The summed E-state index contributed by atoms with van der Waals surface area (Å²) in [6, 6.07) is 0. The molecule has 0 aromatic carbocycles. The maximum atomic E-state index is 8.00. The van der Waals surface area contributed by atoms with E-state index in [1.165, 1.54) is 16.7 Å². The van der Waals surface area contributed by atoms with E-state index in [1.807, 2.05) is 19.8 Å². The Kier molecular flexibility index (Phi) is 7.70. The zero-order valence-electron chi connectivity index (χ0n) is 11.1. The highest BCUT2D eigenvalue weighted by atomic mass is 16.1. The summed E-state index contributed by atoms with van der Waals surface area (Å²) in [5.74, 6) is 0.609. The number of allylic oxidation sites excluding steroid dienone is 9. The first-order valence-electron chi connectivity index (χ1n) is 5.81. The molecule has 0 spiro atoms. The van der Waals surface area contributed by atoms with Gasteiger partial charge in [0.25, 0.3) is 0 Å². The summed E-state index contributed by atoms with van der Waals surface area (Å²) in [5, 5.41) is 0. The second kappa shape index (κ2) is 8.51. The minimum Gasteiger partial charge on any atom is -0.307 e. The largest absolute Gasteiger partial charge is 0.307 e. The molecule has 0 aliphatic heterocycles. The van der Waals surface area contributed by atoms with Crippen LogP contribution >= 0.6 is 0 Å². The summed E-state index contributed by atoms with van der Waals surface area (Å²) in [7, 11) is 0. The van der Waals surface area contributed by atoms with Crippen molar-refractivity contribution in [2.24, 2.45) is 5.92 Å². The summed E-state index contributed by atoms with van der Waals surface area (Å²) in [4.78, 5) is 8.00. The molecule has 92 valence electrons. The maximum Gasteiger partial charge on any atom is 0.106 e. The first kappa shape index (κ1) is 15.4. The van der Waals surface area contributed by atoms with Gasteiger partial charge >= 0.3 is 0 Å². The number of carbonyl (C=O) groups excluding carboxylic acids is 1. The number of rotatable bonds is 3. The van der Waals surface area contributed by atoms with Crippen LogP contribution in [-0.2, 0) is 4.79 Å². The fourth-order valence-corrected chi connectivity index (χ4v) is 1.99. The fraction of sp³-hybridized carbons (Fsp3) is 0.312. The summed E-state index contributed by atoms with van der Waals surface area (Å²) in [5.41, 5.74) is 4.16. The minimum atomic E-state index is 0.609. The summed E-state index contributed by atoms with van der Waals surface area (Å²) in [6.45, 7) is 12.3. The monoisotopic (exact) mass is 230 g/mol. The second-order valence-corrected chi connectivity index (χ2v) is 4.10. The molecule has 1 unspecified atom stereocenters. The third kappa shape index (κ3) is 4.81. The molecule has 0 bridgehead atoms. The van der Waals surface area contributed by atoms with Crippen LogP contribution in [0.1, 0.15) is 27.2 Å². The molecule has 0 fully saturated rings. The molecule has 0 saturated heterocycles. The zero-order valence-corrected chi connectivity index (χ0v) is 11.1. The smallest absolute Gasteiger partial charge is 0.106 e. The molecule has 1 aliphatic rings. The van der Waals surface area contributed by atoms with Crippen LogP contribution in [0.4, 0.5) is 0 Å². The van der Waals surface area contributed by atoms with Crippen molar-refractivity contribution in [1.82, 2.24) is 0 Å². The number of hydrogen-bond donors (Lipinski definition) is 0. The van der Waals surface area contributed by atoms with E-state index in [0.717, 1.165) is 6.42 Å². The fourth-order valence-electron chi connectivity index (χ4n) is 1.99. The lowest BCUT2D eigenvalue weighted by molar-refractivity contribution is -0.0979. The van der Waals surface area contributed by atoms with E-state index in [1.54, 1.807) is 0 Å². The van der Waals surface area contributed by atoms with Gasteiger partial charge < -0.3 is 4.79 Å². The molecule has 0 N–H and O–H groups in total. The van der Waals surface area contributed by atoms with Crippen molar-refractivity contribution in [1.29, 1.82) is 0 Å². The van der Waals surface area contributed by atoms with Crippen molar-refractivity contribution in [3.63, 3.8) is 0 Å². The van der Waals surface area contributed by atoms with Gasteiger partial charge in [-0.2, -0.15) is 0 Å². The van der Waals surface area contributed by atoms with Crippen LogP contribution in [-0.4, -0.2) is 6.79 Å². The van der Waals surface area contributed by atoms with E-state index >= 15 is 0 Å². The Labute approximate surface area is 105 Å². The van der Waals surface area contributed by atoms with E-state index in [-0.39, 0.29) is 0 Å². The van der Waals surface area contributed by atoms with Crippen molar-refractivity contribution in [2.75, 3.05) is 0 Å². The van der Waals surface area contributed by atoms with E-state index in [0.29, 0.717) is 5.92 Å². The van der Waals surface area contributed by atoms with Crippen molar-refractivity contribution in [2.45, 2.75) is 27.2 Å². The van der Waals surface area contributed by atoms with E-state index in [2.05, 4.69) is 50.8 Å². The Balaban J connectivity index is 0.00000121. The van der Waals surface area contributed by atoms with Crippen molar-refractivity contribution in [3.8, 4) is 0 Å². The molecule has 1 atom stereocenters. The van der Waals surface area contributed by atoms with Crippen LogP contribution in [0.2, 0.25) is 0 Å². The van der Waals surface area contributed by atoms with Crippen LogP contribution in [0, 0.1) is 5.92 Å². The topological polar surface area (TPSA) is 17.1 Å². The average Bonchev–Trinajstić information content (AvgIpc) is 2.32. The summed E-state index contributed by atoms with van der Waals surface area (Å²) >= 11 is 0. The molecule has 0 aromatic heterocycles. The van der Waals surface area contributed by atoms with E-state index < -0.39 is 0 Å². The van der Waals surface area contributed by atoms with Crippen LogP contribution < -0.4 is 0 Å². The van der Waals surface area contributed by atoms with Crippen LogP contribution in [0.5, 0.6) is 0 Å². The first-order valence-corrected chi connectivity index (χ1v) is 5.81. The number of hydrogen-bond acceptors (Lipinski definition) is 1. The van der Waals surface area contributed by atoms with E-state index in [4.69, 9.17) is 4.79 Å². The molecule has 1 rings (SSSR count). The number of carbonyl (C=O) groups is 1. The SMILES string of the molecule is C=C/C=C(\C=C/C)C1=CC=C(C)CC1C.C=O. The standard InChI is InChI=1S/C15H20.CH2O/c1-5-7-14(8-6-2)15-10-9-12(3)11-13(15)4;1-2/h5-10,13H,1,11H2,2-4H3;1H2/b8-6-,14-7+;. The lowest BCUT2D eigenvalue weighted by atomic mass is 9.84. The molecule has 0 saturated carbocycles. The van der Waals surface area contributed by atoms with Crippen molar-refractivity contribution < 1.29 is 4.79 Å². The quantitative estimate of drug-likeness (QED) is 0.657. The highest BCUT2D eigenvalue weighted by Crippen LogP contribution is 2.30. The summed E-state index contributed by atoms with van der Waals surface area (Å²) < 4.78 is 0. The van der Waals surface area contributed by atoms with Gasteiger partial charge in [0.05, 0.1) is 0 Å². The van der Waals surface area contributed by atoms with Crippen LogP contribution in [0.3, 0.4) is 0 Å². The second-order valence-electron chi connectivity index (χ2n) is 4.10. The Morgan fingerprint density at radius 2 is 2.06 bits per heavy atom. The zero-order chi connectivity index (χ0) is 13.3. The Hall–Kier alpha value is -1.63. The Morgan fingerprint density at radius 1 is 1.41 bits per heavy atom. The molecule has 17 heavy (non-hydrogen) atoms. The normalized spacial score (nSPS) is 20.2. The van der Waals surface area contributed by atoms with E-state index in [9.17, 15) is 0 Å². The Morgan fingerprint density at radius 3 is 2.53 bits per heavy atom. The van der Waals surface area contributed by atoms with Crippen molar-refractivity contribution in [3.05, 3.63) is 59.8 Å². The lowest BCUT2D eigenvalue weighted by Gasteiger charge is -2.21. The summed E-state index contributed by atoms with van der Waals surface area (Å²) in [6.07, 6.45) is 13.8. The third-order valence-corrected chi connectivity index (χ3v) is 2.68. The van der Waals surface area contributed by atoms with Gasteiger partial charge in [0.15, 0.2) is 0 Å². The molecule has 0 aromatic rings. The van der Waals surface area contributed by atoms with Crippen LogP contribution in [0.25, 0.3) is 0 Å². The van der Waals surface area contributed by atoms with Gasteiger partial charge in [0, 0.05) is 0 Å². The minimum absolute atomic E-state index is 0.609. The first-order chi connectivity index (χ1) is 8.19. The van der Waals surface area contributed by atoms with Crippen LogP contribution in [0.15, 0.2) is 59.8 Å². The molecule has 1 aliphatic carbocycles. The molecule has 1 heteroatoms. The van der Waals surface area contributed by atoms with Gasteiger partial charge in [0.1, 0.15) is 6.79 Å². The molecular weight excluding hydrogens is 208 g/mol. The predicted molar refractivity (Wildman–Crippen MR) is 75.8 cm³/mol. The van der Waals surface area contributed by atoms with Gasteiger partial charge in [-0.15, -0.1) is 0 Å². The predicted octanol–water partition coefficient (Wildman–Crippen LogP) is 4.40.